The Hall–Kier alpha value is -0.120. The summed E-state index contributed by atoms with van der Waals surface area (Å²) < 4.78 is 0. The molecule has 0 aliphatic rings. The van der Waals surface area contributed by atoms with Crippen LogP contribution in [0.2, 0.25) is 0 Å². The molecule has 0 saturated carbocycles. The third-order valence-corrected chi connectivity index (χ3v) is 4.58. The molecule has 0 amide bonds. The summed E-state index contributed by atoms with van der Waals surface area (Å²) in [5.41, 5.74) is 0. The third-order valence-electron chi connectivity index (χ3n) is 4.58. The minimum absolute atomic E-state index is 0.627. The number of hydrogen-bond acceptors (Lipinski definition) is 3. The molecule has 0 heterocycles. The Morgan fingerprint density at radius 1 is 0.542 bits per heavy atom. The van der Waals surface area contributed by atoms with Gasteiger partial charge >= 0.3 is 0 Å². The fourth-order valence-corrected chi connectivity index (χ4v) is 3.00. The first-order valence-corrected chi connectivity index (χ1v) is 10.6. The van der Waals surface area contributed by atoms with Crippen LogP contribution in [0.5, 0.6) is 0 Å². The second-order valence-corrected chi connectivity index (χ2v) is 8.18. The van der Waals surface area contributed by atoms with Gasteiger partial charge in [-0.2, -0.15) is 0 Å². The van der Waals surface area contributed by atoms with Crippen molar-refractivity contribution in [3.63, 3.8) is 0 Å². The zero-order valence-electron chi connectivity index (χ0n) is 17.7. The summed E-state index contributed by atoms with van der Waals surface area (Å²) in [6.07, 6.45) is 10.9. The van der Waals surface area contributed by atoms with Crippen molar-refractivity contribution < 1.29 is 0 Å². The van der Waals surface area contributed by atoms with Crippen molar-refractivity contribution in [3.8, 4) is 0 Å². The van der Waals surface area contributed by atoms with Gasteiger partial charge < -0.3 is 15.5 Å². The van der Waals surface area contributed by atoms with E-state index in [1.165, 1.54) is 77.5 Å². The maximum Gasteiger partial charge on any atom is 0.00385 e. The van der Waals surface area contributed by atoms with Gasteiger partial charge in [0, 0.05) is 18.1 Å². The molecule has 0 aromatic carbocycles. The normalized spacial score (nSPS) is 12.2. The summed E-state index contributed by atoms with van der Waals surface area (Å²) in [6, 6.07) is 1.94. The minimum Gasteiger partial charge on any atom is -0.315 e. The van der Waals surface area contributed by atoms with E-state index in [1.807, 2.05) is 0 Å². The first kappa shape index (κ1) is 23.9. The molecule has 0 radical (unpaired) electrons. The number of unbranched alkanes of at least 4 members (excludes halogenated alkanes) is 6. The van der Waals surface area contributed by atoms with Gasteiger partial charge in [-0.05, 0) is 65.7 Å². The second kappa shape index (κ2) is 16.4. The SMILES string of the molecule is CC(C)NCCCCCCN(CCCCCCNC(C)C)C(C)C. The molecule has 0 aliphatic heterocycles. The van der Waals surface area contributed by atoms with E-state index in [4.69, 9.17) is 0 Å². The van der Waals surface area contributed by atoms with Gasteiger partial charge in [-0.1, -0.05) is 53.4 Å². The number of nitrogens with zero attached hydrogens (tertiary/aromatic N) is 1. The van der Waals surface area contributed by atoms with Gasteiger partial charge in [0.05, 0.1) is 0 Å². The summed E-state index contributed by atoms with van der Waals surface area (Å²) in [4.78, 5) is 2.68. The lowest BCUT2D eigenvalue weighted by Crippen LogP contribution is -2.32. The smallest absolute Gasteiger partial charge is 0.00385 e. The van der Waals surface area contributed by atoms with Crippen LogP contribution in [-0.2, 0) is 0 Å². The summed E-state index contributed by atoms with van der Waals surface area (Å²) in [5.74, 6) is 0. The Morgan fingerprint density at radius 2 is 0.917 bits per heavy atom. The number of rotatable bonds is 17. The summed E-state index contributed by atoms with van der Waals surface area (Å²) >= 11 is 0. The molecule has 3 nitrogen and oxygen atoms in total. The third kappa shape index (κ3) is 16.7. The zero-order chi connectivity index (χ0) is 18.2. The topological polar surface area (TPSA) is 27.3 Å². The van der Waals surface area contributed by atoms with Gasteiger partial charge in [-0.15, -0.1) is 0 Å². The standard InChI is InChI=1S/C21H47N3/c1-19(2)22-15-11-7-9-13-17-24(21(5)6)18-14-10-8-12-16-23-20(3)4/h19-23H,7-18H2,1-6H3. The van der Waals surface area contributed by atoms with Crippen LogP contribution in [0.1, 0.15) is 92.9 Å². The molecule has 0 spiro atoms. The summed E-state index contributed by atoms with van der Waals surface area (Å²) in [7, 11) is 0. The number of nitrogens with one attached hydrogen (secondary N) is 2. The predicted molar refractivity (Wildman–Crippen MR) is 110 cm³/mol. The monoisotopic (exact) mass is 341 g/mol. The van der Waals surface area contributed by atoms with Crippen LogP contribution >= 0.6 is 0 Å². The maximum atomic E-state index is 3.50. The maximum absolute atomic E-state index is 3.50. The molecular formula is C21H47N3. The average Bonchev–Trinajstić information content (AvgIpc) is 2.50. The quantitative estimate of drug-likeness (QED) is 0.372. The van der Waals surface area contributed by atoms with Crippen molar-refractivity contribution in [2.75, 3.05) is 26.2 Å². The van der Waals surface area contributed by atoms with E-state index in [0.29, 0.717) is 18.1 Å². The molecule has 0 aliphatic carbocycles. The van der Waals surface area contributed by atoms with Gasteiger partial charge in [-0.25, -0.2) is 0 Å². The van der Waals surface area contributed by atoms with E-state index in [-0.39, 0.29) is 0 Å². The van der Waals surface area contributed by atoms with Gasteiger partial charge in [0.15, 0.2) is 0 Å². The van der Waals surface area contributed by atoms with Crippen LogP contribution < -0.4 is 10.6 Å². The zero-order valence-corrected chi connectivity index (χ0v) is 17.7. The lowest BCUT2D eigenvalue weighted by molar-refractivity contribution is 0.212. The average molecular weight is 342 g/mol. The molecule has 24 heavy (non-hydrogen) atoms. The molecule has 0 saturated heterocycles. The van der Waals surface area contributed by atoms with Crippen LogP contribution in [-0.4, -0.2) is 49.2 Å². The Labute approximate surface area is 153 Å². The summed E-state index contributed by atoms with van der Waals surface area (Å²) in [6.45, 7) is 18.5. The molecule has 0 atom stereocenters. The minimum atomic E-state index is 0.627. The van der Waals surface area contributed by atoms with Crippen LogP contribution in [0, 0.1) is 0 Å². The first-order valence-electron chi connectivity index (χ1n) is 10.6. The van der Waals surface area contributed by atoms with Gasteiger partial charge in [0.1, 0.15) is 0 Å². The first-order chi connectivity index (χ1) is 11.4. The molecule has 146 valence electrons. The van der Waals surface area contributed by atoms with E-state index in [2.05, 4.69) is 57.1 Å². The van der Waals surface area contributed by atoms with Crippen molar-refractivity contribution >= 4 is 0 Å². The largest absolute Gasteiger partial charge is 0.315 e. The molecule has 0 rings (SSSR count). The van der Waals surface area contributed by atoms with Gasteiger partial charge in [0.2, 0.25) is 0 Å². The molecular weight excluding hydrogens is 294 g/mol. The van der Waals surface area contributed by atoms with E-state index >= 15 is 0 Å². The predicted octanol–water partition coefficient (Wildman–Crippen LogP) is 4.81. The van der Waals surface area contributed by atoms with Gasteiger partial charge in [0.25, 0.3) is 0 Å². The van der Waals surface area contributed by atoms with Crippen molar-refractivity contribution in [2.45, 2.75) is 111 Å². The van der Waals surface area contributed by atoms with Crippen LogP contribution in [0.4, 0.5) is 0 Å². The second-order valence-electron chi connectivity index (χ2n) is 8.18. The highest BCUT2D eigenvalue weighted by molar-refractivity contribution is 4.64. The molecule has 0 bridgehead atoms. The van der Waals surface area contributed by atoms with Crippen molar-refractivity contribution in [1.82, 2.24) is 15.5 Å². The Morgan fingerprint density at radius 3 is 1.25 bits per heavy atom. The van der Waals surface area contributed by atoms with Crippen molar-refractivity contribution in [1.29, 1.82) is 0 Å². The highest BCUT2D eigenvalue weighted by Crippen LogP contribution is 2.08. The highest BCUT2D eigenvalue weighted by Gasteiger charge is 2.08. The molecule has 0 fully saturated rings. The fraction of sp³-hybridized carbons (Fsp3) is 1.00. The molecule has 0 aromatic rings. The molecule has 2 N–H and O–H groups in total. The number of hydrogen-bond donors (Lipinski definition) is 2. The van der Waals surface area contributed by atoms with Crippen LogP contribution in [0.15, 0.2) is 0 Å². The van der Waals surface area contributed by atoms with Crippen LogP contribution in [0.25, 0.3) is 0 Å². The highest BCUT2D eigenvalue weighted by atomic mass is 15.1. The Bertz CT molecular complexity index is 229. The van der Waals surface area contributed by atoms with Crippen LogP contribution in [0.3, 0.4) is 0 Å². The lowest BCUT2D eigenvalue weighted by Gasteiger charge is -2.26. The Kier molecular flexibility index (Phi) is 16.3. The van der Waals surface area contributed by atoms with Crippen molar-refractivity contribution in [3.05, 3.63) is 0 Å². The van der Waals surface area contributed by atoms with Gasteiger partial charge in [-0.3, -0.25) is 0 Å². The van der Waals surface area contributed by atoms with Crippen molar-refractivity contribution in [2.24, 2.45) is 0 Å². The van der Waals surface area contributed by atoms with E-state index in [9.17, 15) is 0 Å². The lowest BCUT2D eigenvalue weighted by atomic mass is 10.1. The molecule has 0 unspecified atom stereocenters. The van der Waals surface area contributed by atoms with E-state index in [1.54, 1.807) is 0 Å². The fourth-order valence-electron chi connectivity index (χ4n) is 3.00. The molecule has 3 heteroatoms. The van der Waals surface area contributed by atoms with E-state index < -0.39 is 0 Å². The summed E-state index contributed by atoms with van der Waals surface area (Å²) in [5, 5.41) is 7.01. The molecule has 0 aromatic heterocycles. The van der Waals surface area contributed by atoms with E-state index in [0.717, 1.165) is 0 Å². The Balaban J connectivity index is 3.54.